The highest BCUT2D eigenvalue weighted by Crippen LogP contribution is 2.24. The highest BCUT2D eigenvalue weighted by Gasteiger charge is 2.33. The van der Waals surface area contributed by atoms with E-state index in [0.717, 1.165) is 0 Å². The number of halogens is 2. The summed E-state index contributed by atoms with van der Waals surface area (Å²) in [5.74, 6) is -0.145. The number of amides is 1. The zero-order valence-corrected chi connectivity index (χ0v) is 12.6. The molecule has 0 radical (unpaired) electrons. The second kappa shape index (κ2) is 5.31. The maximum Gasteiger partial charge on any atom is 0.255 e. The Morgan fingerprint density at radius 1 is 1.37 bits per heavy atom. The van der Waals surface area contributed by atoms with Gasteiger partial charge in [-0.05, 0) is 24.6 Å². The second-order valence-corrected chi connectivity index (χ2v) is 7.67. The zero-order chi connectivity index (χ0) is 14.2. The quantitative estimate of drug-likeness (QED) is 0.839. The van der Waals surface area contributed by atoms with Crippen LogP contribution < -0.4 is 0 Å². The highest BCUT2D eigenvalue weighted by molar-refractivity contribution is 7.91. The largest absolute Gasteiger partial charge is 0.338 e. The third-order valence-corrected chi connectivity index (χ3v) is 5.54. The van der Waals surface area contributed by atoms with E-state index in [9.17, 15) is 13.2 Å². The Labute approximate surface area is 122 Å². The lowest BCUT2D eigenvalue weighted by molar-refractivity contribution is 0.0748. The van der Waals surface area contributed by atoms with E-state index in [1.165, 1.54) is 11.0 Å². The molecule has 0 unspecified atom stereocenters. The molecule has 1 aromatic rings. The Balaban J connectivity index is 2.20. The first-order valence-electron chi connectivity index (χ1n) is 5.73. The smallest absolute Gasteiger partial charge is 0.255 e. The van der Waals surface area contributed by atoms with Gasteiger partial charge in [0.1, 0.15) is 0 Å². The van der Waals surface area contributed by atoms with Gasteiger partial charge in [0, 0.05) is 18.1 Å². The fourth-order valence-corrected chi connectivity index (χ4v) is 4.36. The van der Waals surface area contributed by atoms with Gasteiger partial charge < -0.3 is 4.90 Å². The monoisotopic (exact) mass is 321 g/mol. The van der Waals surface area contributed by atoms with Gasteiger partial charge in [-0.25, -0.2) is 8.42 Å². The van der Waals surface area contributed by atoms with E-state index in [-0.39, 0.29) is 28.5 Å². The van der Waals surface area contributed by atoms with Crippen molar-refractivity contribution in [2.24, 2.45) is 0 Å². The fraction of sp³-hybridized carbons (Fsp3) is 0.417. The summed E-state index contributed by atoms with van der Waals surface area (Å²) in [5, 5.41) is 0.720. The van der Waals surface area contributed by atoms with Gasteiger partial charge in [-0.2, -0.15) is 0 Å². The predicted octanol–water partition coefficient (Wildman–Crippen LogP) is 2.25. The molecule has 4 nitrogen and oxygen atoms in total. The first kappa shape index (κ1) is 14.6. The molecular weight excluding hydrogens is 309 g/mol. The van der Waals surface area contributed by atoms with Crippen molar-refractivity contribution in [2.45, 2.75) is 12.5 Å². The van der Waals surface area contributed by atoms with Crippen LogP contribution in [0.2, 0.25) is 10.0 Å². The molecule has 0 saturated carbocycles. The first-order chi connectivity index (χ1) is 8.80. The third-order valence-electron chi connectivity index (χ3n) is 3.24. The molecule has 2 rings (SSSR count). The first-order valence-corrected chi connectivity index (χ1v) is 8.30. The minimum absolute atomic E-state index is 0.0143. The molecule has 0 aromatic heterocycles. The average Bonchev–Trinajstić information content (AvgIpc) is 2.68. The molecule has 0 spiro atoms. The van der Waals surface area contributed by atoms with Crippen molar-refractivity contribution in [3.63, 3.8) is 0 Å². The molecule has 1 aliphatic rings. The van der Waals surface area contributed by atoms with Gasteiger partial charge in [-0.15, -0.1) is 0 Å². The van der Waals surface area contributed by atoms with Crippen LogP contribution in [-0.4, -0.2) is 43.8 Å². The minimum Gasteiger partial charge on any atom is -0.338 e. The normalized spacial score (nSPS) is 21.3. The second-order valence-electron chi connectivity index (χ2n) is 4.60. The average molecular weight is 322 g/mol. The van der Waals surface area contributed by atoms with Gasteiger partial charge in [0.15, 0.2) is 9.84 Å². The van der Waals surface area contributed by atoms with E-state index >= 15 is 0 Å². The maximum absolute atomic E-state index is 12.3. The maximum atomic E-state index is 12.3. The van der Waals surface area contributed by atoms with Crippen LogP contribution in [0.3, 0.4) is 0 Å². The Bertz CT molecular complexity index is 615. The van der Waals surface area contributed by atoms with Gasteiger partial charge >= 0.3 is 0 Å². The van der Waals surface area contributed by atoms with Gasteiger partial charge in [-0.1, -0.05) is 23.2 Å². The summed E-state index contributed by atoms with van der Waals surface area (Å²) in [4.78, 5) is 13.7. The van der Waals surface area contributed by atoms with Crippen molar-refractivity contribution in [1.82, 2.24) is 4.90 Å². The molecular formula is C12H13Cl2NO3S. The number of nitrogens with zero attached hydrogens (tertiary/aromatic N) is 1. The lowest BCUT2D eigenvalue weighted by Crippen LogP contribution is -2.37. The Morgan fingerprint density at radius 3 is 2.58 bits per heavy atom. The van der Waals surface area contributed by atoms with Crippen LogP contribution in [-0.2, 0) is 9.84 Å². The zero-order valence-electron chi connectivity index (χ0n) is 10.3. The van der Waals surface area contributed by atoms with Crippen molar-refractivity contribution < 1.29 is 13.2 Å². The Morgan fingerprint density at radius 2 is 2.05 bits per heavy atom. The molecule has 1 heterocycles. The molecule has 1 fully saturated rings. The number of sulfone groups is 1. The predicted molar refractivity (Wildman–Crippen MR) is 75.6 cm³/mol. The lowest BCUT2D eigenvalue weighted by Gasteiger charge is -2.23. The van der Waals surface area contributed by atoms with Crippen LogP contribution in [0.4, 0.5) is 0 Å². The molecule has 1 amide bonds. The summed E-state index contributed by atoms with van der Waals surface area (Å²) < 4.78 is 22.9. The molecule has 0 N–H and O–H groups in total. The number of rotatable bonds is 2. The van der Waals surface area contributed by atoms with E-state index in [4.69, 9.17) is 23.2 Å². The summed E-state index contributed by atoms with van der Waals surface area (Å²) in [6.45, 7) is 0. The van der Waals surface area contributed by atoms with E-state index in [2.05, 4.69) is 0 Å². The molecule has 19 heavy (non-hydrogen) atoms. The van der Waals surface area contributed by atoms with Crippen molar-refractivity contribution in [1.29, 1.82) is 0 Å². The summed E-state index contributed by atoms with van der Waals surface area (Å²) in [6, 6.07) is 4.34. The summed E-state index contributed by atoms with van der Waals surface area (Å²) in [7, 11) is -1.43. The third kappa shape index (κ3) is 3.22. The molecule has 1 atom stereocenters. The Hall–Kier alpha value is -0.780. The highest BCUT2D eigenvalue weighted by atomic mass is 35.5. The topological polar surface area (TPSA) is 54.5 Å². The number of carbonyl (C=O) groups excluding carboxylic acids is 1. The summed E-state index contributed by atoms with van der Waals surface area (Å²) in [5.41, 5.74) is 0.331. The molecule has 1 aliphatic heterocycles. The molecule has 0 aliphatic carbocycles. The molecule has 1 aromatic carbocycles. The van der Waals surface area contributed by atoms with E-state index in [1.807, 2.05) is 0 Å². The molecule has 104 valence electrons. The standard InChI is InChI=1S/C12H13Cl2NO3S/c1-15(9-4-5-19(17,18)7-9)12(16)10-3-2-8(13)6-11(10)14/h2-3,6,9H,4-5,7H2,1H3/t9-/m1/s1. The molecule has 1 saturated heterocycles. The van der Waals surface area contributed by atoms with Crippen LogP contribution in [0.5, 0.6) is 0 Å². The van der Waals surface area contributed by atoms with Gasteiger partial charge in [0.05, 0.1) is 22.1 Å². The van der Waals surface area contributed by atoms with E-state index in [0.29, 0.717) is 17.0 Å². The Kier molecular flexibility index (Phi) is 4.08. The number of hydrogen-bond acceptors (Lipinski definition) is 3. The van der Waals surface area contributed by atoms with E-state index in [1.54, 1.807) is 19.2 Å². The lowest BCUT2D eigenvalue weighted by atomic mass is 10.1. The number of carbonyl (C=O) groups is 1. The van der Waals surface area contributed by atoms with Crippen LogP contribution in [0.1, 0.15) is 16.8 Å². The van der Waals surface area contributed by atoms with Crippen LogP contribution in [0.15, 0.2) is 18.2 Å². The van der Waals surface area contributed by atoms with Crippen molar-refractivity contribution in [3.05, 3.63) is 33.8 Å². The van der Waals surface area contributed by atoms with Crippen molar-refractivity contribution >= 4 is 38.9 Å². The molecule has 0 bridgehead atoms. The number of hydrogen-bond donors (Lipinski definition) is 0. The SMILES string of the molecule is CN(C(=O)c1ccc(Cl)cc1Cl)[C@@H]1CCS(=O)(=O)C1. The van der Waals surface area contributed by atoms with Gasteiger partial charge in [0.2, 0.25) is 0 Å². The van der Waals surface area contributed by atoms with Crippen molar-refractivity contribution in [2.75, 3.05) is 18.6 Å². The fourth-order valence-electron chi connectivity index (χ4n) is 2.10. The van der Waals surface area contributed by atoms with Crippen LogP contribution in [0, 0.1) is 0 Å². The number of benzene rings is 1. The van der Waals surface area contributed by atoms with Gasteiger partial charge in [0.25, 0.3) is 5.91 Å². The summed E-state index contributed by atoms with van der Waals surface area (Å²) in [6.07, 6.45) is 0.468. The molecule has 7 heteroatoms. The van der Waals surface area contributed by atoms with E-state index < -0.39 is 9.84 Å². The van der Waals surface area contributed by atoms with Crippen molar-refractivity contribution in [3.8, 4) is 0 Å². The minimum atomic E-state index is -3.02. The van der Waals surface area contributed by atoms with Gasteiger partial charge in [-0.3, -0.25) is 4.79 Å². The summed E-state index contributed by atoms with van der Waals surface area (Å²) >= 11 is 11.8. The van der Waals surface area contributed by atoms with Crippen LogP contribution in [0.25, 0.3) is 0 Å². The van der Waals surface area contributed by atoms with Crippen LogP contribution >= 0.6 is 23.2 Å².